The first-order valence-corrected chi connectivity index (χ1v) is 10.2. The van der Waals surface area contributed by atoms with Gasteiger partial charge < -0.3 is 15.4 Å². The van der Waals surface area contributed by atoms with Crippen LogP contribution in [0.4, 0.5) is 24.5 Å². The van der Waals surface area contributed by atoms with Gasteiger partial charge in [0.25, 0.3) is 11.8 Å². The monoisotopic (exact) mass is 456 g/mol. The SMILES string of the molecule is Cc1cccc(NC(=O)c2ccc(O[C@@H](C)C(=O)Nc3ccccc3C(F)(F)F)cc2)c1C. The van der Waals surface area contributed by atoms with Crippen molar-refractivity contribution in [2.24, 2.45) is 0 Å². The number of carbonyl (C=O) groups is 2. The van der Waals surface area contributed by atoms with Gasteiger partial charge in [0.2, 0.25) is 0 Å². The van der Waals surface area contributed by atoms with Crippen molar-refractivity contribution in [1.82, 2.24) is 0 Å². The van der Waals surface area contributed by atoms with E-state index in [-0.39, 0.29) is 11.6 Å². The van der Waals surface area contributed by atoms with Crippen LogP contribution in [0.1, 0.15) is 34.0 Å². The van der Waals surface area contributed by atoms with Gasteiger partial charge in [0.15, 0.2) is 6.10 Å². The second-order valence-electron chi connectivity index (χ2n) is 7.52. The Morgan fingerprint density at radius 1 is 0.848 bits per heavy atom. The molecule has 2 N–H and O–H groups in total. The van der Waals surface area contributed by atoms with Gasteiger partial charge in [0, 0.05) is 11.3 Å². The van der Waals surface area contributed by atoms with E-state index in [1.165, 1.54) is 37.3 Å². The lowest BCUT2D eigenvalue weighted by molar-refractivity contribution is -0.137. The van der Waals surface area contributed by atoms with Gasteiger partial charge in [0.1, 0.15) is 5.75 Å². The molecule has 0 aliphatic rings. The molecule has 172 valence electrons. The van der Waals surface area contributed by atoms with Crippen molar-refractivity contribution in [1.29, 1.82) is 0 Å². The molecular formula is C25H23F3N2O3. The van der Waals surface area contributed by atoms with E-state index in [2.05, 4.69) is 10.6 Å². The van der Waals surface area contributed by atoms with Crippen LogP contribution in [-0.4, -0.2) is 17.9 Å². The molecule has 1 atom stereocenters. The second-order valence-corrected chi connectivity index (χ2v) is 7.52. The molecule has 0 bridgehead atoms. The molecule has 3 aromatic carbocycles. The van der Waals surface area contributed by atoms with Crippen molar-refractivity contribution in [2.75, 3.05) is 10.6 Å². The number of benzene rings is 3. The van der Waals surface area contributed by atoms with Crippen molar-refractivity contribution in [3.05, 3.63) is 89.0 Å². The molecule has 5 nitrogen and oxygen atoms in total. The number of alkyl halides is 3. The van der Waals surface area contributed by atoms with E-state index < -0.39 is 23.8 Å². The average Bonchev–Trinajstić information content (AvgIpc) is 2.77. The normalized spacial score (nSPS) is 12.1. The molecule has 0 aliphatic heterocycles. The van der Waals surface area contributed by atoms with Crippen molar-refractivity contribution in [3.63, 3.8) is 0 Å². The van der Waals surface area contributed by atoms with Crippen LogP contribution < -0.4 is 15.4 Å². The van der Waals surface area contributed by atoms with Crippen LogP contribution in [-0.2, 0) is 11.0 Å². The molecule has 3 aromatic rings. The number of ether oxygens (including phenoxy) is 1. The molecule has 0 aromatic heterocycles. The Morgan fingerprint density at radius 3 is 2.15 bits per heavy atom. The highest BCUT2D eigenvalue weighted by Crippen LogP contribution is 2.34. The minimum absolute atomic E-state index is 0.296. The largest absolute Gasteiger partial charge is 0.481 e. The Hall–Kier alpha value is -3.81. The molecular weight excluding hydrogens is 433 g/mol. The lowest BCUT2D eigenvalue weighted by Crippen LogP contribution is -2.31. The molecule has 0 unspecified atom stereocenters. The van der Waals surface area contributed by atoms with Crippen molar-refractivity contribution >= 4 is 23.2 Å². The van der Waals surface area contributed by atoms with Crippen molar-refractivity contribution < 1.29 is 27.5 Å². The molecule has 8 heteroatoms. The Morgan fingerprint density at radius 2 is 1.48 bits per heavy atom. The Labute approximate surface area is 189 Å². The number of halogens is 3. The van der Waals surface area contributed by atoms with Crippen LogP contribution in [0.5, 0.6) is 5.75 Å². The van der Waals surface area contributed by atoms with Gasteiger partial charge in [-0.3, -0.25) is 9.59 Å². The predicted octanol–water partition coefficient (Wildman–Crippen LogP) is 5.98. The van der Waals surface area contributed by atoms with Crippen LogP contribution in [0.25, 0.3) is 0 Å². The highest BCUT2D eigenvalue weighted by atomic mass is 19.4. The number of amides is 2. The van der Waals surface area contributed by atoms with E-state index in [0.29, 0.717) is 17.0 Å². The summed E-state index contributed by atoms with van der Waals surface area (Å²) in [6.07, 6.45) is -5.66. The van der Waals surface area contributed by atoms with Crippen LogP contribution in [0, 0.1) is 13.8 Å². The average molecular weight is 456 g/mol. The number of rotatable bonds is 6. The van der Waals surface area contributed by atoms with Gasteiger partial charge >= 0.3 is 6.18 Å². The third kappa shape index (κ3) is 5.91. The molecule has 33 heavy (non-hydrogen) atoms. The smallest absolute Gasteiger partial charge is 0.418 e. The van der Waals surface area contributed by atoms with Gasteiger partial charge in [-0.25, -0.2) is 0 Å². The first kappa shape index (κ1) is 23.8. The summed E-state index contributed by atoms with van der Waals surface area (Å²) in [5.74, 6) is -0.738. The first-order chi connectivity index (χ1) is 15.6. The number of anilines is 2. The highest BCUT2D eigenvalue weighted by molar-refractivity contribution is 6.04. The van der Waals surface area contributed by atoms with Gasteiger partial charge in [-0.15, -0.1) is 0 Å². The number of hydrogen-bond donors (Lipinski definition) is 2. The van der Waals surface area contributed by atoms with Crippen molar-refractivity contribution in [2.45, 2.75) is 33.1 Å². The van der Waals surface area contributed by atoms with E-state index in [1.54, 1.807) is 12.1 Å². The number of aryl methyl sites for hydroxylation is 1. The number of para-hydroxylation sites is 1. The van der Waals surface area contributed by atoms with Crippen LogP contribution in [0.15, 0.2) is 66.7 Å². The molecule has 0 radical (unpaired) electrons. The zero-order valence-corrected chi connectivity index (χ0v) is 18.3. The third-order valence-corrected chi connectivity index (χ3v) is 5.14. The maximum atomic E-state index is 13.1. The summed E-state index contributed by atoms with van der Waals surface area (Å²) in [6.45, 7) is 5.30. The zero-order chi connectivity index (χ0) is 24.2. The fourth-order valence-electron chi connectivity index (χ4n) is 3.10. The standard InChI is InChI=1S/C25H23F3N2O3/c1-15-7-6-10-21(16(15)2)29-24(32)18-11-13-19(14-12-18)33-17(3)23(31)30-22-9-5-4-8-20(22)25(26,27)28/h4-14,17H,1-3H3,(H,29,32)(H,30,31)/t17-/m0/s1. The van der Waals surface area contributed by atoms with E-state index >= 15 is 0 Å². The molecule has 2 amide bonds. The minimum atomic E-state index is -4.60. The van der Waals surface area contributed by atoms with Gasteiger partial charge in [-0.1, -0.05) is 24.3 Å². The summed E-state index contributed by atoms with van der Waals surface area (Å²) in [5.41, 5.74) is 1.84. The Kier molecular flexibility index (Phi) is 7.06. The Balaban J connectivity index is 1.63. The van der Waals surface area contributed by atoms with Crippen LogP contribution >= 0.6 is 0 Å². The second kappa shape index (κ2) is 9.77. The van der Waals surface area contributed by atoms with E-state index in [9.17, 15) is 22.8 Å². The highest BCUT2D eigenvalue weighted by Gasteiger charge is 2.34. The van der Waals surface area contributed by atoms with E-state index in [0.717, 1.165) is 17.2 Å². The van der Waals surface area contributed by atoms with E-state index in [4.69, 9.17) is 4.74 Å². The fraction of sp³-hybridized carbons (Fsp3) is 0.200. The summed E-state index contributed by atoms with van der Waals surface area (Å²) >= 11 is 0. The zero-order valence-electron chi connectivity index (χ0n) is 18.3. The fourth-order valence-corrected chi connectivity index (χ4v) is 3.10. The first-order valence-electron chi connectivity index (χ1n) is 10.2. The molecule has 0 saturated heterocycles. The maximum absolute atomic E-state index is 13.1. The molecule has 0 spiro atoms. The Bertz CT molecular complexity index is 1160. The summed E-state index contributed by atoms with van der Waals surface area (Å²) in [4.78, 5) is 24.9. The number of nitrogens with one attached hydrogen (secondary N) is 2. The lowest BCUT2D eigenvalue weighted by Gasteiger charge is -2.17. The maximum Gasteiger partial charge on any atom is 0.418 e. The topological polar surface area (TPSA) is 67.4 Å². The minimum Gasteiger partial charge on any atom is -0.481 e. The van der Waals surface area contributed by atoms with Crippen LogP contribution in [0.3, 0.4) is 0 Å². The third-order valence-electron chi connectivity index (χ3n) is 5.14. The quantitative estimate of drug-likeness (QED) is 0.480. The summed E-state index contributed by atoms with van der Waals surface area (Å²) < 4.78 is 44.9. The molecule has 0 fully saturated rings. The summed E-state index contributed by atoms with van der Waals surface area (Å²) in [5, 5.41) is 5.11. The predicted molar refractivity (Wildman–Crippen MR) is 120 cm³/mol. The van der Waals surface area contributed by atoms with Gasteiger partial charge in [0.05, 0.1) is 11.3 Å². The van der Waals surface area contributed by atoms with E-state index in [1.807, 2.05) is 32.0 Å². The molecule has 0 aliphatic carbocycles. The number of hydrogen-bond acceptors (Lipinski definition) is 3. The van der Waals surface area contributed by atoms with Gasteiger partial charge in [-0.2, -0.15) is 13.2 Å². The molecule has 0 saturated carbocycles. The van der Waals surface area contributed by atoms with Gasteiger partial charge in [-0.05, 0) is 74.4 Å². The van der Waals surface area contributed by atoms with Crippen molar-refractivity contribution in [3.8, 4) is 5.75 Å². The summed E-state index contributed by atoms with van der Waals surface area (Å²) in [7, 11) is 0. The molecule has 0 heterocycles. The number of carbonyl (C=O) groups excluding carboxylic acids is 2. The van der Waals surface area contributed by atoms with Crippen LogP contribution in [0.2, 0.25) is 0 Å². The lowest BCUT2D eigenvalue weighted by atomic mass is 10.1. The molecule has 3 rings (SSSR count). The summed E-state index contributed by atoms with van der Waals surface area (Å²) in [6, 6.07) is 16.5.